The summed E-state index contributed by atoms with van der Waals surface area (Å²) in [7, 11) is 0. The molecule has 0 aliphatic rings. The third kappa shape index (κ3) is 3.84. The number of ether oxygens (including phenoxy) is 1. The minimum atomic E-state index is -0.748. The van der Waals surface area contributed by atoms with E-state index in [2.05, 4.69) is 32.7 Å². The molecule has 0 N–H and O–H groups in total. The van der Waals surface area contributed by atoms with E-state index in [1.54, 1.807) is 24.3 Å². The van der Waals surface area contributed by atoms with Crippen LogP contribution in [0.2, 0.25) is 5.02 Å². The lowest BCUT2D eigenvalue weighted by atomic mass is 10.1. The highest BCUT2D eigenvalue weighted by molar-refractivity contribution is 14.1. The molecule has 23 heavy (non-hydrogen) atoms. The van der Waals surface area contributed by atoms with Gasteiger partial charge in [-0.3, -0.25) is 0 Å². The van der Waals surface area contributed by atoms with Crippen molar-refractivity contribution in [3.05, 3.63) is 63.0 Å². The first kappa shape index (κ1) is 16.3. The molecule has 6 heteroatoms. The van der Waals surface area contributed by atoms with E-state index < -0.39 is 5.60 Å². The van der Waals surface area contributed by atoms with Crippen LogP contribution in [0.5, 0.6) is 5.75 Å². The molecule has 0 atom stereocenters. The Labute approximate surface area is 153 Å². The van der Waals surface area contributed by atoms with Crippen molar-refractivity contribution in [3.8, 4) is 17.1 Å². The minimum absolute atomic E-state index is 0.418. The number of halogens is 2. The van der Waals surface area contributed by atoms with Crippen LogP contribution < -0.4 is 4.74 Å². The van der Waals surface area contributed by atoms with E-state index in [1.165, 1.54) is 0 Å². The molecule has 0 amide bonds. The lowest BCUT2D eigenvalue weighted by Crippen LogP contribution is -2.25. The predicted octanol–water partition coefficient (Wildman–Crippen LogP) is 5.31. The van der Waals surface area contributed by atoms with Gasteiger partial charge in [0.1, 0.15) is 5.75 Å². The second kappa shape index (κ2) is 6.49. The highest BCUT2D eigenvalue weighted by atomic mass is 127. The molecule has 0 aliphatic heterocycles. The van der Waals surface area contributed by atoms with Crippen molar-refractivity contribution in [2.45, 2.75) is 19.4 Å². The first-order valence-electron chi connectivity index (χ1n) is 6.99. The summed E-state index contributed by atoms with van der Waals surface area (Å²) in [6.07, 6.45) is 0. The van der Waals surface area contributed by atoms with Gasteiger partial charge in [0.2, 0.25) is 5.82 Å². The van der Waals surface area contributed by atoms with Crippen LogP contribution >= 0.6 is 34.2 Å². The topological polar surface area (TPSA) is 48.2 Å². The van der Waals surface area contributed by atoms with E-state index in [1.807, 2.05) is 38.1 Å². The van der Waals surface area contributed by atoms with Gasteiger partial charge in [0.15, 0.2) is 5.60 Å². The number of rotatable bonds is 4. The zero-order chi connectivity index (χ0) is 16.4. The van der Waals surface area contributed by atoms with Crippen LogP contribution in [0.15, 0.2) is 53.1 Å². The Morgan fingerprint density at radius 2 is 1.70 bits per heavy atom. The average Bonchev–Trinajstić information content (AvgIpc) is 3.01. The van der Waals surface area contributed by atoms with Crippen LogP contribution in [-0.4, -0.2) is 10.1 Å². The summed E-state index contributed by atoms with van der Waals surface area (Å²) >= 11 is 8.14. The monoisotopic (exact) mass is 440 g/mol. The fraction of sp³-hybridized carbons (Fsp3) is 0.176. The first-order valence-corrected chi connectivity index (χ1v) is 8.44. The van der Waals surface area contributed by atoms with Crippen LogP contribution in [0.3, 0.4) is 0 Å². The van der Waals surface area contributed by atoms with Crippen molar-refractivity contribution >= 4 is 34.2 Å². The van der Waals surface area contributed by atoms with E-state index in [-0.39, 0.29) is 0 Å². The number of nitrogens with zero attached hydrogens (tertiary/aromatic N) is 2. The van der Waals surface area contributed by atoms with Crippen LogP contribution in [-0.2, 0) is 5.60 Å². The van der Waals surface area contributed by atoms with Crippen LogP contribution in [0.4, 0.5) is 0 Å². The third-order valence-electron chi connectivity index (χ3n) is 3.23. The van der Waals surface area contributed by atoms with Crippen molar-refractivity contribution in [2.24, 2.45) is 0 Å². The van der Waals surface area contributed by atoms with Gasteiger partial charge >= 0.3 is 0 Å². The molecule has 4 nitrogen and oxygen atoms in total. The highest BCUT2D eigenvalue weighted by Crippen LogP contribution is 2.29. The Balaban J connectivity index is 1.83. The van der Waals surface area contributed by atoms with Gasteiger partial charge in [0, 0.05) is 14.2 Å². The van der Waals surface area contributed by atoms with E-state index in [4.69, 9.17) is 20.9 Å². The zero-order valence-electron chi connectivity index (χ0n) is 12.6. The van der Waals surface area contributed by atoms with Gasteiger partial charge < -0.3 is 9.26 Å². The fourth-order valence-electron chi connectivity index (χ4n) is 2.03. The summed E-state index contributed by atoms with van der Waals surface area (Å²) in [5.74, 6) is 1.65. The summed E-state index contributed by atoms with van der Waals surface area (Å²) in [6.45, 7) is 3.76. The SMILES string of the molecule is CC(C)(Oc1ccc(Cl)cc1)c1nc(-c2ccc(I)cc2)no1. The maximum Gasteiger partial charge on any atom is 0.270 e. The zero-order valence-corrected chi connectivity index (χ0v) is 15.5. The second-order valence-corrected chi connectivity index (χ2v) is 7.18. The first-order chi connectivity index (χ1) is 10.9. The lowest BCUT2D eigenvalue weighted by molar-refractivity contribution is 0.0692. The van der Waals surface area contributed by atoms with Crippen LogP contribution in [0.25, 0.3) is 11.4 Å². The molecule has 3 rings (SSSR count). The van der Waals surface area contributed by atoms with Crippen molar-refractivity contribution in [2.75, 3.05) is 0 Å². The van der Waals surface area contributed by atoms with Gasteiger partial charge in [-0.2, -0.15) is 4.98 Å². The van der Waals surface area contributed by atoms with Gasteiger partial charge in [-0.1, -0.05) is 28.9 Å². The Morgan fingerprint density at radius 3 is 2.35 bits per heavy atom. The molecule has 0 aliphatic carbocycles. The van der Waals surface area contributed by atoms with E-state index in [0.29, 0.717) is 22.5 Å². The largest absolute Gasteiger partial charge is 0.478 e. The molecule has 0 unspecified atom stereocenters. The number of hydrogen-bond donors (Lipinski definition) is 0. The van der Waals surface area contributed by atoms with Crippen molar-refractivity contribution in [3.63, 3.8) is 0 Å². The molecule has 3 aromatic rings. The number of benzene rings is 2. The Kier molecular flexibility index (Phi) is 4.59. The van der Waals surface area contributed by atoms with E-state index in [9.17, 15) is 0 Å². The molecule has 2 aromatic carbocycles. The van der Waals surface area contributed by atoms with Gasteiger partial charge in [-0.15, -0.1) is 0 Å². The minimum Gasteiger partial charge on any atom is -0.478 e. The van der Waals surface area contributed by atoms with E-state index >= 15 is 0 Å². The molecule has 0 radical (unpaired) electrons. The second-order valence-electron chi connectivity index (χ2n) is 5.50. The van der Waals surface area contributed by atoms with Crippen molar-refractivity contribution in [1.29, 1.82) is 0 Å². The fourth-order valence-corrected chi connectivity index (χ4v) is 2.51. The Hall–Kier alpha value is -1.60. The Morgan fingerprint density at radius 1 is 1.04 bits per heavy atom. The van der Waals surface area contributed by atoms with Crippen LogP contribution in [0.1, 0.15) is 19.7 Å². The van der Waals surface area contributed by atoms with Crippen molar-refractivity contribution in [1.82, 2.24) is 10.1 Å². The molecule has 118 valence electrons. The van der Waals surface area contributed by atoms with Gasteiger partial charge in [-0.25, -0.2) is 0 Å². The summed E-state index contributed by atoms with van der Waals surface area (Å²) in [4.78, 5) is 4.46. The van der Waals surface area contributed by atoms with Crippen molar-refractivity contribution < 1.29 is 9.26 Å². The van der Waals surface area contributed by atoms with Gasteiger partial charge in [0.05, 0.1) is 0 Å². The molecule has 0 saturated carbocycles. The summed E-state index contributed by atoms with van der Waals surface area (Å²) in [5, 5.41) is 4.71. The molecule has 1 aromatic heterocycles. The Bertz CT molecular complexity index is 798. The standard InChI is InChI=1S/C17H14ClIN2O2/c1-17(2,22-14-9-5-12(18)6-10-14)16-20-15(21-23-16)11-3-7-13(19)8-4-11/h3-10H,1-2H3. The molecular weight excluding hydrogens is 427 g/mol. The highest BCUT2D eigenvalue weighted by Gasteiger charge is 2.30. The van der Waals surface area contributed by atoms with Crippen LogP contribution in [0, 0.1) is 3.57 Å². The quantitative estimate of drug-likeness (QED) is 0.516. The number of hydrogen-bond acceptors (Lipinski definition) is 4. The molecule has 1 heterocycles. The smallest absolute Gasteiger partial charge is 0.270 e. The van der Waals surface area contributed by atoms with Gasteiger partial charge in [0.25, 0.3) is 5.89 Å². The van der Waals surface area contributed by atoms with Gasteiger partial charge in [-0.05, 0) is 72.8 Å². The molecule has 0 saturated heterocycles. The third-order valence-corrected chi connectivity index (χ3v) is 4.20. The molecular formula is C17H14ClIN2O2. The molecule has 0 fully saturated rings. The molecule has 0 bridgehead atoms. The maximum atomic E-state index is 5.96. The number of aromatic nitrogens is 2. The predicted molar refractivity (Wildman–Crippen MR) is 97.6 cm³/mol. The summed E-state index contributed by atoms with van der Waals surface area (Å²) in [6, 6.07) is 15.1. The maximum absolute atomic E-state index is 5.96. The lowest BCUT2D eigenvalue weighted by Gasteiger charge is -2.22. The average molecular weight is 441 g/mol. The molecule has 0 spiro atoms. The summed E-state index contributed by atoms with van der Waals surface area (Å²) in [5.41, 5.74) is 0.158. The van der Waals surface area contributed by atoms with E-state index in [0.717, 1.165) is 9.13 Å². The summed E-state index contributed by atoms with van der Waals surface area (Å²) < 4.78 is 12.5. The normalized spacial score (nSPS) is 11.5.